The number of carboxylic acids is 1. The van der Waals surface area contributed by atoms with Gasteiger partial charge in [0.2, 0.25) is 0 Å². The van der Waals surface area contributed by atoms with Gasteiger partial charge in [0.05, 0.1) is 0 Å². The number of hydrogen-bond donors (Lipinski definition) is 1. The van der Waals surface area contributed by atoms with Crippen molar-refractivity contribution in [3.8, 4) is 0 Å². The minimum atomic E-state index is -1.15. The second-order valence-corrected chi connectivity index (χ2v) is 2.10. The van der Waals surface area contributed by atoms with Crippen molar-refractivity contribution in [3.63, 3.8) is 0 Å². The van der Waals surface area contributed by atoms with Crippen molar-refractivity contribution >= 4 is 5.97 Å². The molecule has 11 heavy (non-hydrogen) atoms. The van der Waals surface area contributed by atoms with E-state index in [0.717, 1.165) is 0 Å². The molecule has 0 saturated carbocycles. The summed E-state index contributed by atoms with van der Waals surface area (Å²) in [6, 6.07) is 0. The number of nitrogens with zero attached hydrogens (tertiary/aromatic N) is 2. The number of aromatic carboxylic acids is 1. The van der Waals surface area contributed by atoms with E-state index in [0.29, 0.717) is 0 Å². The van der Waals surface area contributed by atoms with E-state index in [1.54, 1.807) is 7.05 Å². The number of aromatic nitrogens is 2. The fourth-order valence-corrected chi connectivity index (χ4v) is 0.812. The van der Waals surface area contributed by atoms with Crippen molar-refractivity contribution in [2.24, 2.45) is 7.05 Å². The van der Waals surface area contributed by atoms with E-state index in [2.05, 4.69) is 5.10 Å². The maximum Gasteiger partial charge on any atom is 0.339 e. The zero-order valence-corrected chi connectivity index (χ0v) is 5.91. The Bertz CT molecular complexity index is 282. The van der Waals surface area contributed by atoms with E-state index in [1.165, 1.54) is 10.9 Å². The van der Waals surface area contributed by atoms with Crippen LogP contribution in [-0.4, -0.2) is 20.9 Å². The SMILES string of the molecule is Cn1cc(C(=O)O)c(CF)n1. The van der Waals surface area contributed by atoms with Crippen molar-refractivity contribution in [2.75, 3.05) is 0 Å². The lowest BCUT2D eigenvalue weighted by atomic mass is 10.3. The molecular weight excluding hydrogens is 151 g/mol. The van der Waals surface area contributed by atoms with Crippen LogP contribution in [0.4, 0.5) is 4.39 Å². The molecule has 60 valence electrons. The summed E-state index contributed by atoms with van der Waals surface area (Å²) in [5, 5.41) is 12.1. The Kier molecular flexibility index (Phi) is 1.89. The highest BCUT2D eigenvalue weighted by atomic mass is 19.1. The van der Waals surface area contributed by atoms with Crippen LogP contribution in [0.3, 0.4) is 0 Å². The van der Waals surface area contributed by atoms with Gasteiger partial charge < -0.3 is 5.11 Å². The van der Waals surface area contributed by atoms with E-state index in [4.69, 9.17) is 5.11 Å². The van der Waals surface area contributed by atoms with Crippen LogP contribution in [0.25, 0.3) is 0 Å². The summed E-state index contributed by atoms with van der Waals surface area (Å²) < 4.78 is 13.3. The molecule has 0 aliphatic carbocycles. The highest BCUT2D eigenvalue weighted by molar-refractivity contribution is 5.88. The monoisotopic (exact) mass is 158 g/mol. The molecule has 0 radical (unpaired) electrons. The Hall–Kier alpha value is -1.39. The smallest absolute Gasteiger partial charge is 0.339 e. The topological polar surface area (TPSA) is 55.1 Å². The minimum Gasteiger partial charge on any atom is -0.478 e. The first-order chi connectivity index (χ1) is 5.15. The first kappa shape index (κ1) is 7.71. The van der Waals surface area contributed by atoms with Crippen LogP contribution in [0.5, 0.6) is 0 Å². The van der Waals surface area contributed by atoms with Crippen molar-refractivity contribution in [3.05, 3.63) is 17.5 Å². The molecule has 4 nitrogen and oxygen atoms in total. The second kappa shape index (κ2) is 2.69. The van der Waals surface area contributed by atoms with Crippen LogP contribution < -0.4 is 0 Å². The number of halogens is 1. The number of carbonyl (C=O) groups is 1. The van der Waals surface area contributed by atoms with Crippen LogP contribution >= 0.6 is 0 Å². The predicted octanol–water partition coefficient (Wildman–Crippen LogP) is 0.588. The maximum absolute atomic E-state index is 12.0. The molecule has 0 aliphatic heterocycles. The summed E-state index contributed by atoms with van der Waals surface area (Å²) in [5.41, 5.74) is -0.102. The molecule has 1 aromatic rings. The molecular formula is C6H7FN2O2. The molecule has 0 amide bonds. The number of aryl methyl sites for hydroxylation is 1. The van der Waals surface area contributed by atoms with E-state index in [1.807, 2.05) is 0 Å². The number of alkyl halides is 1. The van der Waals surface area contributed by atoms with Crippen LogP contribution in [-0.2, 0) is 13.7 Å². The Morgan fingerprint density at radius 2 is 2.55 bits per heavy atom. The van der Waals surface area contributed by atoms with Gasteiger partial charge in [0, 0.05) is 13.2 Å². The third-order valence-electron chi connectivity index (χ3n) is 1.26. The van der Waals surface area contributed by atoms with Gasteiger partial charge in [-0.3, -0.25) is 4.68 Å². The van der Waals surface area contributed by atoms with Gasteiger partial charge in [-0.2, -0.15) is 5.10 Å². The zero-order valence-electron chi connectivity index (χ0n) is 5.91. The number of hydrogen-bond acceptors (Lipinski definition) is 2. The average Bonchev–Trinajstić information content (AvgIpc) is 2.30. The van der Waals surface area contributed by atoms with Crippen molar-refractivity contribution in [1.29, 1.82) is 0 Å². The molecule has 1 aromatic heterocycles. The minimum absolute atomic E-state index is 0.0278. The van der Waals surface area contributed by atoms with E-state index in [9.17, 15) is 9.18 Å². The van der Waals surface area contributed by atoms with E-state index in [-0.39, 0.29) is 11.3 Å². The Morgan fingerprint density at radius 1 is 1.91 bits per heavy atom. The highest BCUT2D eigenvalue weighted by Crippen LogP contribution is 2.06. The van der Waals surface area contributed by atoms with Gasteiger partial charge in [-0.1, -0.05) is 0 Å². The fraction of sp³-hybridized carbons (Fsp3) is 0.333. The standard InChI is InChI=1S/C6H7FN2O2/c1-9-3-4(6(10)11)5(2-7)8-9/h3H,2H2,1H3,(H,10,11). The van der Waals surface area contributed by atoms with E-state index < -0.39 is 12.6 Å². The molecule has 0 atom stereocenters. The molecule has 5 heteroatoms. The molecule has 1 heterocycles. The molecule has 1 N–H and O–H groups in total. The summed E-state index contributed by atoms with van der Waals surface area (Å²) in [6.45, 7) is -0.845. The molecule has 0 spiro atoms. The quantitative estimate of drug-likeness (QED) is 0.685. The summed E-state index contributed by atoms with van der Waals surface area (Å²) in [5.74, 6) is -1.15. The Balaban J connectivity index is 3.12. The van der Waals surface area contributed by atoms with Gasteiger partial charge >= 0.3 is 5.97 Å². The molecule has 0 saturated heterocycles. The van der Waals surface area contributed by atoms with E-state index >= 15 is 0 Å². The van der Waals surface area contributed by atoms with Gasteiger partial charge in [0.15, 0.2) is 0 Å². The second-order valence-electron chi connectivity index (χ2n) is 2.10. The first-order valence-electron chi connectivity index (χ1n) is 2.97. The normalized spacial score (nSPS) is 10.0. The van der Waals surface area contributed by atoms with Crippen LogP contribution in [0.1, 0.15) is 16.1 Å². The van der Waals surface area contributed by atoms with Crippen molar-refractivity contribution in [1.82, 2.24) is 9.78 Å². The molecule has 0 bridgehead atoms. The van der Waals surface area contributed by atoms with Gasteiger partial charge in [-0.15, -0.1) is 0 Å². The number of rotatable bonds is 2. The van der Waals surface area contributed by atoms with Gasteiger partial charge in [0.25, 0.3) is 0 Å². The third kappa shape index (κ3) is 1.36. The molecule has 0 fully saturated rings. The Morgan fingerprint density at radius 3 is 2.91 bits per heavy atom. The summed E-state index contributed by atoms with van der Waals surface area (Å²) in [4.78, 5) is 10.4. The van der Waals surface area contributed by atoms with Crippen molar-refractivity contribution < 1.29 is 14.3 Å². The lowest BCUT2D eigenvalue weighted by Crippen LogP contribution is -1.97. The van der Waals surface area contributed by atoms with Crippen LogP contribution in [0, 0.1) is 0 Å². The van der Waals surface area contributed by atoms with Gasteiger partial charge in [-0.25, -0.2) is 9.18 Å². The average molecular weight is 158 g/mol. The first-order valence-corrected chi connectivity index (χ1v) is 2.97. The van der Waals surface area contributed by atoms with Crippen molar-refractivity contribution in [2.45, 2.75) is 6.67 Å². The fourth-order valence-electron chi connectivity index (χ4n) is 0.812. The number of carboxylic acid groups (broad SMARTS) is 1. The maximum atomic E-state index is 12.0. The Labute approximate surface area is 62.3 Å². The van der Waals surface area contributed by atoms with Gasteiger partial charge in [-0.05, 0) is 0 Å². The summed E-state index contributed by atoms with van der Waals surface area (Å²) in [7, 11) is 1.55. The molecule has 1 rings (SSSR count). The summed E-state index contributed by atoms with van der Waals surface area (Å²) >= 11 is 0. The molecule has 0 unspecified atom stereocenters. The predicted molar refractivity (Wildman–Crippen MR) is 35.0 cm³/mol. The van der Waals surface area contributed by atoms with Crippen LogP contribution in [0.15, 0.2) is 6.20 Å². The lowest BCUT2D eigenvalue weighted by Gasteiger charge is -1.87. The summed E-state index contributed by atoms with van der Waals surface area (Å²) in [6.07, 6.45) is 1.28. The molecule has 0 aliphatic rings. The van der Waals surface area contributed by atoms with Crippen LogP contribution in [0.2, 0.25) is 0 Å². The molecule has 0 aromatic carbocycles. The zero-order chi connectivity index (χ0) is 8.43. The third-order valence-corrected chi connectivity index (χ3v) is 1.26. The highest BCUT2D eigenvalue weighted by Gasteiger charge is 2.13. The van der Waals surface area contributed by atoms with Gasteiger partial charge in [0.1, 0.15) is 17.9 Å². The lowest BCUT2D eigenvalue weighted by molar-refractivity contribution is 0.0694. The largest absolute Gasteiger partial charge is 0.478 e.